The Morgan fingerprint density at radius 3 is 2.53 bits per heavy atom. The van der Waals surface area contributed by atoms with Gasteiger partial charge >= 0.3 is 6.09 Å². The number of hydrogen-bond acceptors (Lipinski definition) is 5. The van der Waals surface area contributed by atoms with Crippen molar-refractivity contribution in [1.82, 2.24) is 24.8 Å². The number of hydrogen-bond donors (Lipinski definition) is 1. The molecule has 0 aliphatic carbocycles. The molecule has 0 spiro atoms. The number of nitrogens with one attached hydrogen (secondary N) is 1. The Morgan fingerprint density at radius 2 is 1.83 bits per heavy atom. The van der Waals surface area contributed by atoms with E-state index in [1.807, 2.05) is 73.9 Å². The van der Waals surface area contributed by atoms with Crippen LogP contribution in [0, 0.1) is 0 Å². The summed E-state index contributed by atoms with van der Waals surface area (Å²) in [5.41, 5.74) is 3.86. The minimum absolute atomic E-state index is 0.383. The summed E-state index contributed by atoms with van der Waals surface area (Å²) in [5.74, 6) is 0.774. The number of carbonyl (C=O) groups is 1. The van der Waals surface area contributed by atoms with Crippen molar-refractivity contribution in [2.45, 2.75) is 32.9 Å². The molecule has 0 unspecified atom stereocenters. The highest BCUT2D eigenvalue weighted by molar-refractivity contribution is 5.79. The molecule has 30 heavy (non-hydrogen) atoms. The molecule has 1 aromatic carbocycles. The summed E-state index contributed by atoms with van der Waals surface area (Å²) in [7, 11) is 0. The molecule has 3 aromatic heterocycles. The standard InChI is InChI=1S/C23H23N5O2/c1-23(2,3)30-22(29)26-14-16-8-10-18(11-9-16)28-20(17-6-4-12-24-15-17)27-19-7-5-13-25-21(19)28/h4-13,15H,14H2,1-3H3,(H,26,29). The van der Waals surface area contributed by atoms with Crippen molar-refractivity contribution in [2.24, 2.45) is 0 Å². The monoisotopic (exact) mass is 401 g/mol. The van der Waals surface area contributed by atoms with Gasteiger partial charge in [0.25, 0.3) is 0 Å². The number of benzene rings is 1. The molecule has 0 saturated heterocycles. The SMILES string of the molecule is CC(C)(C)OC(=O)NCc1ccc(-n2c(-c3cccnc3)nc3cccnc32)cc1. The summed E-state index contributed by atoms with van der Waals surface area (Å²) >= 11 is 0. The largest absolute Gasteiger partial charge is 0.444 e. The second-order valence-corrected chi connectivity index (χ2v) is 7.88. The molecular formula is C23H23N5O2. The smallest absolute Gasteiger partial charge is 0.407 e. The summed E-state index contributed by atoms with van der Waals surface area (Å²) in [6.45, 7) is 5.90. The second-order valence-electron chi connectivity index (χ2n) is 7.88. The van der Waals surface area contributed by atoms with E-state index in [0.717, 1.165) is 33.8 Å². The molecule has 4 aromatic rings. The first kappa shape index (κ1) is 19.6. The first-order chi connectivity index (χ1) is 14.4. The van der Waals surface area contributed by atoms with E-state index >= 15 is 0 Å². The summed E-state index contributed by atoms with van der Waals surface area (Å²) in [6, 6.07) is 15.6. The molecule has 0 bridgehead atoms. The number of ether oxygens (including phenoxy) is 1. The maximum atomic E-state index is 11.9. The van der Waals surface area contributed by atoms with Crippen molar-refractivity contribution >= 4 is 17.3 Å². The van der Waals surface area contributed by atoms with Crippen LogP contribution in [0.2, 0.25) is 0 Å². The highest BCUT2D eigenvalue weighted by atomic mass is 16.6. The number of nitrogens with zero attached hydrogens (tertiary/aromatic N) is 4. The Hall–Kier alpha value is -3.74. The summed E-state index contributed by atoms with van der Waals surface area (Å²) in [4.78, 5) is 25.4. The molecule has 0 saturated carbocycles. The van der Waals surface area contributed by atoms with E-state index in [-0.39, 0.29) is 0 Å². The molecule has 7 nitrogen and oxygen atoms in total. The molecule has 0 atom stereocenters. The van der Waals surface area contributed by atoms with Crippen LogP contribution >= 0.6 is 0 Å². The lowest BCUT2D eigenvalue weighted by Gasteiger charge is -2.19. The number of imidazole rings is 1. The van der Waals surface area contributed by atoms with Gasteiger partial charge in [-0.05, 0) is 62.7 Å². The van der Waals surface area contributed by atoms with Crippen molar-refractivity contribution in [1.29, 1.82) is 0 Å². The van der Waals surface area contributed by atoms with E-state index in [2.05, 4.69) is 15.3 Å². The van der Waals surface area contributed by atoms with E-state index < -0.39 is 11.7 Å². The van der Waals surface area contributed by atoms with Crippen LogP contribution in [0.25, 0.3) is 28.2 Å². The Labute approximate surface area is 174 Å². The van der Waals surface area contributed by atoms with Crippen LogP contribution in [-0.2, 0) is 11.3 Å². The molecule has 4 rings (SSSR count). The topological polar surface area (TPSA) is 81.9 Å². The Bertz CT molecular complexity index is 1160. The number of alkyl carbamates (subject to hydrolysis) is 1. The fraction of sp³-hybridized carbons (Fsp3) is 0.217. The van der Waals surface area contributed by atoms with Gasteiger partial charge in [-0.25, -0.2) is 14.8 Å². The first-order valence-electron chi connectivity index (χ1n) is 9.71. The number of carbonyl (C=O) groups excluding carboxylic acids is 1. The zero-order chi connectivity index (χ0) is 21.1. The third-order valence-corrected chi connectivity index (χ3v) is 4.37. The molecule has 1 amide bonds. The lowest BCUT2D eigenvalue weighted by atomic mass is 10.2. The second kappa shape index (κ2) is 7.94. The van der Waals surface area contributed by atoms with Crippen LogP contribution in [0.5, 0.6) is 0 Å². The lowest BCUT2D eigenvalue weighted by molar-refractivity contribution is 0.0523. The fourth-order valence-electron chi connectivity index (χ4n) is 3.10. The van der Waals surface area contributed by atoms with E-state index in [0.29, 0.717) is 6.54 Å². The molecule has 152 valence electrons. The molecule has 0 aliphatic heterocycles. The van der Waals surface area contributed by atoms with Crippen molar-refractivity contribution in [3.8, 4) is 17.1 Å². The number of rotatable bonds is 4. The average Bonchev–Trinajstić information content (AvgIpc) is 3.12. The van der Waals surface area contributed by atoms with Gasteiger partial charge in [-0.2, -0.15) is 0 Å². The van der Waals surface area contributed by atoms with Gasteiger partial charge in [-0.1, -0.05) is 12.1 Å². The van der Waals surface area contributed by atoms with Crippen LogP contribution in [0.1, 0.15) is 26.3 Å². The molecule has 1 N–H and O–H groups in total. The molecular weight excluding hydrogens is 378 g/mol. The predicted molar refractivity (Wildman–Crippen MR) is 115 cm³/mol. The van der Waals surface area contributed by atoms with Crippen molar-refractivity contribution in [3.05, 3.63) is 72.7 Å². The van der Waals surface area contributed by atoms with Crippen molar-refractivity contribution in [3.63, 3.8) is 0 Å². The third-order valence-electron chi connectivity index (χ3n) is 4.37. The number of pyridine rings is 2. The molecule has 7 heteroatoms. The first-order valence-corrected chi connectivity index (χ1v) is 9.71. The number of aromatic nitrogens is 4. The normalized spacial score (nSPS) is 11.4. The summed E-state index contributed by atoms with van der Waals surface area (Å²) in [6.07, 6.45) is 4.85. The number of fused-ring (bicyclic) bond motifs is 1. The zero-order valence-corrected chi connectivity index (χ0v) is 17.2. The maximum absolute atomic E-state index is 11.9. The molecule has 0 fully saturated rings. The van der Waals surface area contributed by atoms with Gasteiger partial charge in [0.1, 0.15) is 16.9 Å². The molecule has 0 radical (unpaired) electrons. The average molecular weight is 401 g/mol. The van der Waals surface area contributed by atoms with Gasteiger partial charge in [0, 0.05) is 36.4 Å². The Balaban J connectivity index is 1.62. The summed E-state index contributed by atoms with van der Waals surface area (Å²) in [5, 5.41) is 2.78. The summed E-state index contributed by atoms with van der Waals surface area (Å²) < 4.78 is 7.29. The zero-order valence-electron chi connectivity index (χ0n) is 17.2. The highest BCUT2D eigenvalue weighted by Gasteiger charge is 2.17. The highest BCUT2D eigenvalue weighted by Crippen LogP contribution is 2.27. The van der Waals surface area contributed by atoms with Crippen LogP contribution in [0.4, 0.5) is 4.79 Å². The van der Waals surface area contributed by atoms with Gasteiger partial charge in [0.05, 0.1) is 0 Å². The van der Waals surface area contributed by atoms with Gasteiger partial charge in [-0.15, -0.1) is 0 Å². The quantitative estimate of drug-likeness (QED) is 0.544. The van der Waals surface area contributed by atoms with Crippen LogP contribution in [-0.4, -0.2) is 31.2 Å². The van der Waals surface area contributed by atoms with Crippen molar-refractivity contribution in [2.75, 3.05) is 0 Å². The third kappa shape index (κ3) is 4.30. The van der Waals surface area contributed by atoms with Gasteiger partial charge in [0.15, 0.2) is 5.65 Å². The van der Waals surface area contributed by atoms with Gasteiger partial charge in [-0.3, -0.25) is 9.55 Å². The van der Waals surface area contributed by atoms with E-state index in [1.54, 1.807) is 18.6 Å². The molecule has 3 heterocycles. The van der Waals surface area contributed by atoms with E-state index in [9.17, 15) is 4.79 Å². The van der Waals surface area contributed by atoms with Crippen molar-refractivity contribution < 1.29 is 9.53 Å². The van der Waals surface area contributed by atoms with E-state index in [4.69, 9.17) is 9.72 Å². The predicted octanol–water partition coefficient (Wildman–Crippen LogP) is 4.51. The van der Waals surface area contributed by atoms with Gasteiger partial charge < -0.3 is 10.1 Å². The minimum Gasteiger partial charge on any atom is -0.444 e. The Morgan fingerprint density at radius 1 is 1.07 bits per heavy atom. The minimum atomic E-state index is -0.522. The van der Waals surface area contributed by atoms with Crippen LogP contribution < -0.4 is 5.32 Å². The maximum Gasteiger partial charge on any atom is 0.407 e. The lowest BCUT2D eigenvalue weighted by Crippen LogP contribution is -2.32. The Kier molecular flexibility index (Phi) is 5.18. The van der Waals surface area contributed by atoms with Gasteiger partial charge in [0.2, 0.25) is 0 Å². The van der Waals surface area contributed by atoms with Crippen LogP contribution in [0.3, 0.4) is 0 Å². The van der Waals surface area contributed by atoms with Crippen LogP contribution in [0.15, 0.2) is 67.1 Å². The molecule has 0 aliphatic rings. The fourth-order valence-corrected chi connectivity index (χ4v) is 3.10. The van der Waals surface area contributed by atoms with E-state index in [1.165, 1.54) is 0 Å². The number of amides is 1.